The van der Waals surface area contributed by atoms with E-state index in [9.17, 15) is 9.90 Å². The van der Waals surface area contributed by atoms with E-state index in [1.165, 1.54) is 12.8 Å². The summed E-state index contributed by atoms with van der Waals surface area (Å²) in [5, 5.41) is 16.6. The van der Waals surface area contributed by atoms with Crippen LogP contribution in [0.25, 0.3) is 0 Å². The second-order valence-corrected chi connectivity index (χ2v) is 6.77. The van der Waals surface area contributed by atoms with E-state index in [4.69, 9.17) is 4.74 Å². The summed E-state index contributed by atoms with van der Waals surface area (Å²) in [6.07, 6.45) is 4.59. The molecule has 2 saturated heterocycles. The summed E-state index contributed by atoms with van der Waals surface area (Å²) in [6.45, 7) is 0.253. The van der Waals surface area contributed by atoms with Crippen molar-refractivity contribution in [1.82, 2.24) is 10.6 Å². The molecule has 2 fully saturated rings. The van der Waals surface area contributed by atoms with E-state index in [0.717, 1.165) is 24.2 Å². The number of aliphatic hydroxyl groups excluding tert-OH is 1. The van der Waals surface area contributed by atoms with Crippen LogP contribution in [0.3, 0.4) is 0 Å². The Kier molecular flexibility index (Phi) is 5.18. The van der Waals surface area contributed by atoms with E-state index < -0.39 is 6.10 Å². The second-order valence-electron chi connectivity index (χ2n) is 6.77. The number of hydrogen-bond donors (Lipinski definition) is 3. The lowest BCUT2D eigenvalue weighted by atomic mass is 9.89. The Hall–Kier alpha value is -1.59. The number of aliphatic hydroxyl groups is 1. The second kappa shape index (κ2) is 7.32. The van der Waals surface area contributed by atoms with Crippen LogP contribution in [0, 0.1) is 5.92 Å². The SMILES string of the molecule is COc1ccc(C(O)CNC(=O)CC2CC3CCC(C2)N3)cc1. The third-order valence-corrected chi connectivity index (χ3v) is 5.04. The first-order valence-corrected chi connectivity index (χ1v) is 8.49. The summed E-state index contributed by atoms with van der Waals surface area (Å²) in [4.78, 5) is 12.1. The van der Waals surface area contributed by atoms with E-state index >= 15 is 0 Å². The van der Waals surface area contributed by atoms with Gasteiger partial charge < -0.3 is 20.5 Å². The summed E-state index contributed by atoms with van der Waals surface area (Å²) in [5.74, 6) is 1.28. The molecule has 0 aromatic heterocycles. The molecule has 0 spiro atoms. The predicted octanol–water partition coefficient (Wildman–Crippen LogP) is 1.77. The highest BCUT2D eigenvalue weighted by Crippen LogP contribution is 2.32. The lowest BCUT2D eigenvalue weighted by molar-refractivity contribution is -0.122. The number of methoxy groups -OCH3 is 1. The zero-order valence-corrected chi connectivity index (χ0v) is 13.6. The Labute approximate surface area is 137 Å². The van der Waals surface area contributed by atoms with Gasteiger partial charge in [-0.2, -0.15) is 0 Å². The number of hydrogen-bond acceptors (Lipinski definition) is 4. The Morgan fingerprint density at radius 2 is 1.96 bits per heavy atom. The maximum absolute atomic E-state index is 12.1. The Bertz CT molecular complexity index is 520. The maximum atomic E-state index is 12.1. The van der Waals surface area contributed by atoms with Gasteiger partial charge in [0.25, 0.3) is 0 Å². The number of rotatable bonds is 6. The van der Waals surface area contributed by atoms with Crippen molar-refractivity contribution in [2.45, 2.75) is 50.3 Å². The van der Waals surface area contributed by atoms with Crippen LogP contribution >= 0.6 is 0 Å². The van der Waals surface area contributed by atoms with Crippen molar-refractivity contribution in [2.24, 2.45) is 5.92 Å². The zero-order valence-electron chi connectivity index (χ0n) is 13.6. The van der Waals surface area contributed by atoms with Crippen molar-refractivity contribution in [3.8, 4) is 5.75 Å². The van der Waals surface area contributed by atoms with Gasteiger partial charge >= 0.3 is 0 Å². The molecule has 0 saturated carbocycles. The molecule has 5 heteroatoms. The minimum Gasteiger partial charge on any atom is -0.497 e. The fourth-order valence-corrected chi connectivity index (χ4v) is 3.83. The topological polar surface area (TPSA) is 70.6 Å². The van der Waals surface area contributed by atoms with E-state index in [-0.39, 0.29) is 12.5 Å². The number of benzene rings is 1. The van der Waals surface area contributed by atoms with Gasteiger partial charge in [-0.3, -0.25) is 4.79 Å². The van der Waals surface area contributed by atoms with Crippen LogP contribution < -0.4 is 15.4 Å². The summed E-state index contributed by atoms with van der Waals surface area (Å²) in [6, 6.07) is 8.48. The minimum atomic E-state index is -0.686. The largest absolute Gasteiger partial charge is 0.497 e. The van der Waals surface area contributed by atoms with Crippen LogP contribution in [0.15, 0.2) is 24.3 Å². The molecular formula is C18H26N2O3. The monoisotopic (exact) mass is 318 g/mol. The fraction of sp³-hybridized carbons (Fsp3) is 0.611. The Morgan fingerprint density at radius 1 is 1.30 bits per heavy atom. The molecule has 2 aliphatic heterocycles. The standard InChI is InChI=1S/C18H26N2O3/c1-23-16-6-2-13(3-7-16)17(21)11-19-18(22)10-12-8-14-4-5-15(9-12)20-14/h2-3,6-7,12,14-15,17,20-21H,4-5,8-11H2,1H3,(H,19,22). The first-order chi connectivity index (χ1) is 11.1. The van der Waals surface area contributed by atoms with Gasteiger partial charge in [0.05, 0.1) is 13.2 Å². The number of nitrogens with one attached hydrogen (secondary N) is 2. The van der Waals surface area contributed by atoms with Crippen LogP contribution in [-0.4, -0.2) is 36.8 Å². The molecule has 0 aliphatic carbocycles. The molecule has 1 aromatic rings. The highest BCUT2D eigenvalue weighted by atomic mass is 16.5. The first kappa shape index (κ1) is 16.3. The third-order valence-electron chi connectivity index (χ3n) is 5.04. The molecule has 1 amide bonds. The molecular weight excluding hydrogens is 292 g/mol. The molecule has 3 atom stereocenters. The number of fused-ring (bicyclic) bond motifs is 2. The van der Waals surface area contributed by atoms with Gasteiger partial charge in [-0.05, 0) is 49.3 Å². The normalized spacial score (nSPS) is 27.5. The number of carbonyl (C=O) groups excluding carboxylic acids is 1. The van der Waals surface area contributed by atoms with Gasteiger partial charge in [0, 0.05) is 25.0 Å². The van der Waals surface area contributed by atoms with E-state index in [1.54, 1.807) is 7.11 Å². The van der Waals surface area contributed by atoms with Gasteiger partial charge in [-0.15, -0.1) is 0 Å². The number of piperidine rings is 1. The van der Waals surface area contributed by atoms with Crippen molar-refractivity contribution in [3.63, 3.8) is 0 Å². The smallest absolute Gasteiger partial charge is 0.220 e. The number of carbonyl (C=O) groups is 1. The number of ether oxygens (including phenoxy) is 1. The lowest BCUT2D eigenvalue weighted by Gasteiger charge is -2.28. The quantitative estimate of drug-likeness (QED) is 0.747. The van der Waals surface area contributed by atoms with E-state index in [1.807, 2.05) is 24.3 Å². The van der Waals surface area contributed by atoms with Crippen molar-refractivity contribution >= 4 is 5.91 Å². The Morgan fingerprint density at radius 3 is 2.57 bits per heavy atom. The zero-order chi connectivity index (χ0) is 16.2. The van der Waals surface area contributed by atoms with Crippen molar-refractivity contribution in [3.05, 3.63) is 29.8 Å². The van der Waals surface area contributed by atoms with Gasteiger partial charge in [-0.25, -0.2) is 0 Å². The molecule has 2 aliphatic rings. The van der Waals surface area contributed by atoms with Crippen LogP contribution in [0.5, 0.6) is 5.75 Å². The minimum absolute atomic E-state index is 0.0452. The van der Waals surface area contributed by atoms with Crippen LogP contribution in [0.4, 0.5) is 0 Å². The fourth-order valence-electron chi connectivity index (χ4n) is 3.83. The molecule has 0 radical (unpaired) electrons. The van der Waals surface area contributed by atoms with Gasteiger partial charge in [0.15, 0.2) is 0 Å². The van der Waals surface area contributed by atoms with E-state index in [0.29, 0.717) is 24.4 Å². The van der Waals surface area contributed by atoms with Crippen LogP contribution in [0.2, 0.25) is 0 Å². The van der Waals surface area contributed by atoms with Crippen molar-refractivity contribution < 1.29 is 14.6 Å². The van der Waals surface area contributed by atoms with Gasteiger partial charge in [0.2, 0.25) is 5.91 Å². The molecule has 3 rings (SSSR count). The molecule has 3 unspecified atom stereocenters. The maximum Gasteiger partial charge on any atom is 0.220 e. The number of amides is 1. The van der Waals surface area contributed by atoms with E-state index in [2.05, 4.69) is 10.6 Å². The average Bonchev–Trinajstić information content (AvgIpc) is 2.91. The van der Waals surface area contributed by atoms with Crippen molar-refractivity contribution in [2.75, 3.05) is 13.7 Å². The third kappa shape index (κ3) is 4.24. The Balaban J connectivity index is 1.43. The van der Waals surface area contributed by atoms with Crippen molar-refractivity contribution in [1.29, 1.82) is 0 Å². The molecule has 2 heterocycles. The molecule has 126 valence electrons. The molecule has 23 heavy (non-hydrogen) atoms. The summed E-state index contributed by atoms with van der Waals surface area (Å²) in [7, 11) is 1.61. The highest BCUT2D eigenvalue weighted by Gasteiger charge is 2.34. The van der Waals surface area contributed by atoms with Crippen LogP contribution in [0.1, 0.15) is 43.8 Å². The summed E-state index contributed by atoms with van der Waals surface area (Å²) < 4.78 is 5.10. The predicted molar refractivity (Wildman–Crippen MR) is 88.3 cm³/mol. The average molecular weight is 318 g/mol. The van der Waals surface area contributed by atoms with Crippen LogP contribution in [-0.2, 0) is 4.79 Å². The highest BCUT2D eigenvalue weighted by molar-refractivity contribution is 5.76. The molecule has 3 N–H and O–H groups in total. The molecule has 5 nitrogen and oxygen atoms in total. The summed E-state index contributed by atoms with van der Waals surface area (Å²) in [5.41, 5.74) is 0.783. The first-order valence-electron chi connectivity index (χ1n) is 8.49. The molecule has 1 aromatic carbocycles. The lowest BCUT2D eigenvalue weighted by Crippen LogP contribution is -2.40. The van der Waals surface area contributed by atoms with Gasteiger partial charge in [-0.1, -0.05) is 12.1 Å². The molecule has 2 bridgehead atoms. The summed E-state index contributed by atoms with van der Waals surface area (Å²) >= 11 is 0. The van der Waals surface area contributed by atoms with Gasteiger partial charge in [0.1, 0.15) is 5.75 Å².